The molecule has 0 saturated carbocycles. The van der Waals surface area contributed by atoms with Crippen molar-refractivity contribution in [1.29, 1.82) is 0 Å². The number of hydrogen-bond donors (Lipinski definition) is 0. The fraction of sp³-hybridized carbons (Fsp3) is 0. The first kappa shape index (κ1) is 9.54. The quantitative estimate of drug-likeness (QED) is 0.380. The SMILES string of the molecule is ClN(Cl)Cl.P. The Morgan fingerprint density at radius 1 is 1.00 bits per heavy atom. The first-order valence-electron chi connectivity index (χ1n) is 0.507. The fourth-order valence-corrected chi connectivity index (χ4v) is 0. The van der Waals surface area contributed by atoms with Crippen LogP contribution in [-0.4, -0.2) is 3.46 Å². The zero-order chi connectivity index (χ0) is 3.58. The summed E-state index contributed by atoms with van der Waals surface area (Å²) >= 11 is 13.9. The van der Waals surface area contributed by atoms with Crippen LogP contribution in [-0.2, 0) is 0 Å². The van der Waals surface area contributed by atoms with Crippen molar-refractivity contribution in [2.45, 2.75) is 0 Å². The molecule has 34 valence electrons. The van der Waals surface area contributed by atoms with Gasteiger partial charge in [-0.2, -0.15) is 9.90 Å². The predicted octanol–water partition coefficient (Wildman–Crippen LogP) is 1.81. The summed E-state index contributed by atoms with van der Waals surface area (Å²) in [6, 6.07) is 0. The van der Waals surface area contributed by atoms with E-state index in [-0.39, 0.29) is 9.90 Å². The normalized spacial score (nSPS) is 7.20. The molecule has 0 aliphatic heterocycles. The molecule has 0 amide bonds. The molecule has 1 unspecified atom stereocenters. The van der Waals surface area contributed by atoms with Gasteiger partial charge in [0.15, 0.2) is 0 Å². The minimum absolute atomic E-state index is 0. The Labute approximate surface area is 49.1 Å². The molecule has 1 atom stereocenters. The van der Waals surface area contributed by atoms with Crippen LogP contribution in [0.3, 0.4) is 0 Å². The first-order valence-corrected chi connectivity index (χ1v) is 1.52. The van der Waals surface area contributed by atoms with Gasteiger partial charge < -0.3 is 0 Å². The van der Waals surface area contributed by atoms with Crippen LogP contribution in [0.1, 0.15) is 0 Å². The van der Waals surface area contributed by atoms with Crippen LogP contribution in [0.2, 0.25) is 0 Å². The van der Waals surface area contributed by atoms with E-state index in [0.717, 1.165) is 0 Å². The Balaban J connectivity index is 0. The van der Waals surface area contributed by atoms with Gasteiger partial charge in [0.2, 0.25) is 0 Å². The molecule has 0 radical (unpaired) electrons. The highest BCUT2D eigenvalue weighted by Crippen LogP contribution is 1.99. The maximum absolute atomic E-state index is 4.64. The van der Waals surface area contributed by atoms with Crippen molar-refractivity contribution in [3.8, 4) is 0 Å². The molecule has 0 aromatic heterocycles. The van der Waals surface area contributed by atoms with E-state index >= 15 is 0 Å². The van der Waals surface area contributed by atoms with Crippen LogP contribution >= 0.6 is 45.2 Å². The molecule has 0 saturated heterocycles. The second kappa shape index (κ2) is 5.26. The van der Waals surface area contributed by atoms with Gasteiger partial charge in [0.05, 0.1) is 0 Å². The topological polar surface area (TPSA) is 3.24 Å². The minimum atomic E-state index is 0. The van der Waals surface area contributed by atoms with E-state index in [2.05, 4.69) is 35.3 Å². The third-order valence-electron chi connectivity index (χ3n) is 0. The van der Waals surface area contributed by atoms with E-state index in [9.17, 15) is 0 Å². The summed E-state index contributed by atoms with van der Waals surface area (Å²) in [7, 11) is 0. The molecule has 0 N–H and O–H groups in total. The molecule has 0 bridgehead atoms. The Kier molecular flexibility index (Phi) is 10.0. The molecule has 0 fully saturated rings. The van der Waals surface area contributed by atoms with Gasteiger partial charge in [-0.25, -0.2) is 0 Å². The number of hydrogen-bond acceptors (Lipinski definition) is 1. The highest BCUT2D eigenvalue weighted by atomic mass is 35.6. The number of halogens is 3. The average molecular weight is 154 g/mol. The van der Waals surface area contributed by atoms with Crippen molar-refractivity contribution in [2.75, 3.05) is 0 Å². The summed E-state index contributed by atoms with van der Waals surface area (Å²) < 4.78 is 0.417. The monoisotopic (exact) mass is 153 g/mol. The smallest absolute Gasteiger partial charge is 0.0127 e. The van der Waals surface area contributed by atoms with Gasteiger partial charge in [0.25, 0.3) is 0 Å². The van der Waals surface area contributed by atoms with Gasteiger partial charge in [-0.05, 0) is 3.46 Å². The molecule has 0 aromatic rings. The lowest BCUT2D eigenvalue weighted by molar-refractivity contribution is 1.20. The van der Waals surface area contributed by atoms with Crippen molar-refractivity contribution in [1.82, 2.24) is 3.46 Å². The second-order valence-electron chi connectivity index (χ2n) is 0.192. The van der Waals surface area contributed by atoms with Gasteiger partial charge in [0.1, 0.15) is 0 Å². The Morgan fingerprint density at radius 2 is 1.00 bits per heavy atom. The largest absolute Gasteiger partial charge is 0.153 e. The third kappa shape index (κ3) is 35.2. The zero-order valence-corrected chi connectivity index (χ0v) is 5.97. The molecular weight excluding hydrogens is 151 g/mol. The second-order valence-corrected chi connectivity index (χ2v) is 1.72. The van der Waals surface area contributed by atoms with Crippen molar-refractivity contribution < 1.29 is 0 Å². The van der Waals surface area contributed by atoms with Gasteiger partial charge in [-0.3, -0.25) is 0 Å². The standard InChI is InChI=1S/Cl3N.H3P/c1-4(2)3;/h;1H3. The van der Waals surface area contributed by atoms with Gasteiger partial charge >= 0.3 is 0 Å². The molecular formula is H3Cl3NP. The van der Waals surface area contributed by atoms with Crippen LogP contribution in [0.15, 0.2) is 0 Å². The molecule has 1 nitrogen and oxygen atoms in total. The van der Waals surface area contributed by atoms with Crippen molar-refractivity contribution in [3.05, 3.63) is 0 Å². The minimum Gasteiger partial charge on any atom is -0.153 e. The van der Waals surface area contributed by atoms with Crippen LogP contribution in [0.4, 0.5) is 0 Å². The molecule has 0 aromatic carbocycles. The first-order chi connectivity index (χ1) is 1.73. The highest BCUT2D eigenvalue weighted by Gasteiger charge is 1.72. The van der Waals surface area contributed by atoms with Gasteiger partial charge in [0, 0.05) is 35.3 Å². The molecule has 5 heavy (non-hydrogen) atoms. The Hall–Kier alpha value is 1.26. The molecule has 0 aliphatic carbocycles. The van der Waals surface area contributed by atoms with E-state index < -0.39 is 0 Å². The Bertz CT molecular complexity index is 11.6. The van der Waals surface area contributed by atoms with Crippen molar-refractivity contribution in [3.63, 3.8) is 0 Å². The maximum Gasteiger partial charge on any atom is 0.0127 e. The highest BCUT2D eigenvalue weighted by molar-refractivity contribution is 6.92. The van der Waals surface area contributed by atoms with Gasteiger partial charge in [-0.1, -0.05) is 0 Å². The molecule has 0 heterocycles. The van der Waals surface area contributed by atoms with Crippen molar-refractivity contribution >= 4 is 45.2 Å². The van der Waals surface area contributed by atoms with E-state index in [1.807, 2.05) is 0 Å². The summed E-state index contributed by atoms with van der Waals surface area (Å²) in [6.07, 6.45) is 0. The average Bonchev–Trinajstić information content (AvgIpc) is 0.811. The number of nitrogens with zero attached hydrogens (tertiary/aromatic N) is 1. The molecule has 0 spiro atoms. The van der Waals surface area contributed by atoms with Gasteiger partial charge in [-0.15, -0.1) is 0 Å². The lowest BCUT2D eigenvalue weighted by atomic mass is 13.9. The van der Waals surface area contributed by atoms with Crippen LogP contribution in [0, 0.1) is 0 Å². The molecule has 5 heteroatoms. The van der Waals surface area contributed by atoms with Crippen LogP contribution in [0.25, 0.3) is 0 Å². The van der Waals surface area contributed by atoms with Crippen molar-refractivity contribution in [2.24, 2.45) is 0 Å². The third-order valence-corrected chi connectivity index (χ3v) is 0. The van der Waals surface area contributed by atoms with E-state index in [4.69, 9.17) is 0 Å². The molecule has 0 aliphatic rings. The summed E-state index contributed by atoms with van der Waals surface area (Å²) in [5.41, 5.74) is 0. The molecule has 0 rings (SSSR count). The van der Waals surface area contributed by atoms with Crippen LogP contribution in [0.5, 0.6) is 0 Å². The van der Waals surface area contributed by atoms with E-state index in [1.54, 1.807) is 0 Å². The predicted molar refractivity (Wildman–Crippen MR) is 30.5 cm³/mol. The maximum atomic E-state index is 4.64. The van der Waals surface area contributed by atoms with Crippen LogP contribution < -0.4 is 0 Å². The Morgan fingerprint density at radius 3 is 1.00 bits per heavy atom. The lowest BCUT2D eigenvalue weighted by Gasteiger charge is -1.74. The summed E-state index contributed by atoms with van der Waals surface area (Å²) in [4.78, 5) is 0. The summed E-state index contributed by atoms with van der Waals surface area (Å²) in [5.74, 6) is 0. The fourth-order valence-electron chi connectivity index (χ4n) is 0. The lowest BCUT2D eigenvalue weighted by Crippen LogP contribution is -1.62. The number of rotatable bonds is 0. The summed E-state index contributed by atoms with van der Waals surface area (Å²) in [6.45, 7) is 0. The summed E-state index contributed by atoms with van der Waals surface area (Å²) in [5, 5.41) is 0. The van der Waals surface area contributed by atoms with E-state index in [0.29, 0.717) is 3.46 Å². The van der Waals surface area contributed by atoms with E-state index in [1.165, 1.54) is 0 Å². The zero-order valence-electron chi connectivity index (χ0n) is 2.29.